The third-order valence-corrected chi connectivity index (χ3v) is 4.10. The molecular formula is C11H18O4. The highest BCUT2D eigenvalue weighted by Crippen LogP contribution is 2.55. The Kier molecular flexibility index (Phi) is 1.99. The van der Waals surface area contributed by atoms with Gasteiger partial charge < -0.3 is 14.9 Å². The average molecular weight is 214 g/mol. The van der Waals surface area contributed by atoms with Gasteiger partial charge in [-0.15, -0.1) is 0 Å². The number of aliphatic hydroxyl groups is 2. The summed E-state index contributed by atoms with van der Waals surface area (Å²) >= 11 is 0. The van der Waals surface area contributed by atoms with Gasteiger partial charge in [0.05, 0.1) is 12.5 Å². The predicted octanol–water partition coefficient (Wildman–Crippen LogP) is 0.604. The highest BCUT2D eigenvalue weighted by molar-refractivity contribution is 5.75. The molecule has 1 aliphatic heterocycles. The number of esters is 1. The molecule has 3 atom stereocenters. The first kappa shape index (κ1) is 10.9. The Bertz CT molecular complexity index is 312. The predicted molar refractivity (Wildman–Crippen MR) is 53.1 cm³/mol. The first-order valence-corrected chi connectivity index (χ1v) is 5.32. The van der Waals surface area contributed by atoms with E-state index in [0.717, 1.165) is 0 Å². The molecule has 3 unspecified atom stereocenters. The van der Waals surface area contributed by atoms with Crippen LogP contribution in [0.4, 0.5) is 0 Å². The normalized spacial score (nSPS) is 48.6. The van der Waals surface area contributed by atoms with Crippen LogP contribution >= 0.6 is 0 Å². The zero-order valence-electron chi connectivity index (χ0n) is 9.41. The second kappa shape index (κ2) is 2.74. The van der Waals surface area contributed by atoms with Gasteiger partial charge in [-0.3, -0.25) is 4.79 Å². The van der Waals surface area contributed by atoms with Gasteiger partial charge in [-0.2, -0.15) is 0 Å². The van der Waals surface area contributed by atoms with Gasteiger partial charge in [-0.1, -0.05) is 13.8 Å². The summed E-state index contributed by atoms with van der Waals surface area (Å²) < 4.78 is 5.21. The summed E-state index contributed by atoms with van der Waals surface area (Å²) in [6, 6.07) is 0. The number of fused-ring (bicyclic) bond motifs is 1. The number of hydrogen-bond donors (Lipinski definition) is 2. The van der Waals surface area contributed by atoms with E-state index in [1.165, 1.54) is 0 Å². The minimum atomic E-state index is -1.16. The van der Waals surface area contributed by atoms with Crippen molar-refractivity contribution in [3.05, 3.63) is 0 Å². The van der Waals surface area contributed by atoms with Crippen molar-refractivity contribution in [1.82, 2.24) is 0 Å². The van der Waals surface area contributed by atoms with E-state index in [2.05, 4.69) is 0 Å². The van der Waals surface area contributed by atoms with Crippen LogP contribution < -0.4 is 0 Å². The molecule has 0 aromatic carbocycles. The number of hydrogen-bond acceptors (Lipinski definition) is 4. The van der Waals surface area contributed by atoms with Crippen molar-refractivity contribution >= 4 is 5.97 Å². The van der Waals surface area contributed by atoms with Gasteiger partial charge in [0.1, 0.15) is 11.2 Å². The lowest BCUT2D eigenvalue weighted by Gasteiger charge is -2.52. The van der Waals surface area contributed by atoms with Crippen LogP contribution in [0.25, 0.3) is 0 Å². The molecule has 2 aliphatic rings. The summed E-state index contributed by atoms with van der Waals surface area (Å²) in [5, 5.41) is 20.4. The highest BCUT2D eigenvalue weighted by atomic mass is 16.6. The van der Waals surface area contributed by atoms with E-state index in [0.29, 0.717) is 12.8 Å². The molecule has 2 N–H and O–H groups in total. The maximum absolute atomic E-state index is 11.4. The second-order valence-electron chi connectivity index (χ2n) is 5.69. The fraction of sp³-hybridized carbons (Fsp3) is 0.909. The molecule has 15 heavy (non-hydrogen) atoms. The zero-order chi connectivity index (χ0) is 11.5. The molecule has 86 valence electrons. The van der Waals surface area contributed by atoms with Gasteiger partial charge in [0.25, 0.3) is 0 Å². The summed E-state index contributed by atoms with van der Waals surface area (Å²) in [6.45, 7) is 5.45. The van der Waals surface area contributed by atoms with Crippen LogP contribution in [0.15, 0.2) is 0 Å². The molecule has 4 nitrogen and oxygen atoms in total. The number of aliphatic hydroxyl groups excluding tert-OH is 1. The van der Waals surface area contributed by atoms with Crippen LogP contribution in [0, 0.1) is 5.41 Å². The third-order valence-electron chi connectivity index (χ3n) is 4.10. The van der Waals surface area contributed by atoms with Crippen LogP contribution in [0.3, 0.4) is 0 Å². The smallest absolute Gasteiger partial charge is 0.309 e. The number of rotatable bonds is 0. The first-order chi connectivity index (χ1) is 6.70. The van der Waals surface area contributed by atoms with Crippen molar-refractivity contribution in [1.29, 1.82) is 0 Å². The SMILES string of the molecule is CC1(C)CC(O)CC2(C)OC(=O)CC12O. The highest BCUT2D eigenvalue weighted by Gasteiger charge is 2.67. The van der Waals surface area contributed by atoms with Crippen LogP contribution in [0.2, 0.25) is 0 Å². The Morgan fingerprint density at radius 2 is 1.93 bits per heavy atom. The van der Waals surface area contributed by atoms with E-state index in [4.69, 9.17) is 4.74 Å². The lowest BCUT2D eigenvalue weighted by Crippen LogP contribution is -2.63. The van der Waals surface area contributed by atoms with E-state index in [-0.39, 0.29) is 12.4 Å². The summed E-state index contributed by atoms with van der Waals surface area (Å²) in [5.74, 6) is -0.373. The molecule has 4 heteroatoms. The van der Waals surface area contributed by atoms with Crippen LogP contribution in [-0.2, 0) is 9.53 Å². The number of carbonyl (C=O) groups excluding carboxylic acids is 1. The Balaban J connectivity index is 2.46. The van der Waals surface area contributed by atoms with E-state index in [9.17, 15) is 15.0 Å². The summed E-state index contributed by atoms with van der Waals surface area (Å²) in [4.78, 5) is 11.4. The van der Waals surface area contributed by atoms with Crippen LogP contribution in [0.1, 0.15) is 40.0 Å². The Labute approximate surface area is 89.2 Å². The fourth-order valence-electron chi connectivity index (χ4n) is 3.21. The average Bonchev–Trinajstić information content (AvgIpc) is 2.19. The molecular weight excluding hydrogens is 196 g/mol. The monoisotopic (exact) mass is 214 g/mol. The lowest BCUT2D eigenvalue weighted by atomic mass is 9.57. The van der Waals surface area contributed by atoms with Crippen molar-refractivity contribution in [2.75, 3.05) is 0 Å². The molecule has 0 spiro atoms. The van der Waals surface area contributed by atoms with Gasteiger partial charge in [-0.25, -0.2) is 0 Å². The van der Waals surface area contributed by atoms with Crippen molar-refractivity contribution < 1.29 is 19.7 Å². The molecule has 2 fully saturated rings. The van der Waals surface area contributed by atoms with E-state index < -0.39 is 22.7 Å². The second-order valence-corrected chi connectivity index (χ2v) is 5.69. The third kappa shape index (κ3) is 1.24. The van der Waals surface area contributed by atoms with E-state index >= 15 is 0 Å². The van der Waals surface area contributed by atoms with Gasteiger partial charge >= 0.3 is 5.97 Å². The quantitative estimate of drug-likeness (QED) is 0.580. The Hall–Kier alpha value is -0.610. The minimum Gasteiger partial charge on any atom is -0.456 e. The van der Waals surface area contributed by atoms with Gasteiger partial charge in [-0.05, 0) is 13.3 Å². The van der Waals surface area contributed by atoms with E-state index in [1.54, 1.807) is 6.92 Å². The molecule has 0 aromatic heterocycles. The minimum absolute atomic E-state index is 0.0310. The first-order valence-electron chi connectivity index (χ1n) is 5.32. The summed E-state index contributed by atoms with van der Waals surface area (Å²) in [7, 11) is 0. The van der Waals surface area contributed by atoms with Crippen LogP contribution in [0.5, 0.6) is 0 Å². The lowest BCUT2D eigenvalue weighted by molar-refractivity contribution is -0.214. The van der Waals surface area contributed by atoms with Gasteiger partial charge in [0.15, 0.2) is 0 Å². The van der Waals surface area contributed by atoms with Crippen molar-refractivity contribution in [3.8, 4) is 0 Å². The van der Waals surface area contributed by atoms with Crippen molar-refractivity contribution in [2.45, 2.75) is 57.3 Å². The molecule has 1 aliphatic carbocycles. The van der Waals surface area contributed by atoms with E-state index in [1.807, 2.05) is 13.8 Å². The fourth-order valence-corrected chi connectivity index (χ4v) is 3.21. The standard InChI is InChI=1S/C11H18O4/c1-9(2)4-7(12)5-10(3)11(9,14)6-8(13)15-10/h7,12,14H,4-6H2,1-3H3. The molecule has 1 saturated heterocycles. The largest absolute Gasteiger partial charge is 0.456 e. The summed E-state index contributed by atoms with van der Waals surface area (Å²) in [5.41, 5.74) is -2.60. The maximum atomic E-state index is 11.4. The maximum Gasteiger partial charge on any atom is 0.309 e. The van der Waals surface area contributed by atoms with Gasteiger partial charge in [0, 0.05) is 11.8 Å². The summed E-state index contributed by atoms with van der Waals surface area (Å²) in [6.07, 6.45) is 0.327. The zero-order valence-corrected chi connectivity index (χ0v) is 9.41. The van der Waals surface area contributed by atoms with Gasteiger partial charge in [0.2, 0.25) is 0 Å². The van der Waals surface area contributed by atoms with Crippen LogP contribution in [-0.4, -0.2) is 33.5 Å². The molecule has 0 amide bonds. The molecule has 1 saturated carbocycles. The Morgan fingerprint density at radius 3 is 2.53 bits per heavy atom. The number of carbonyl (C=O) groups is 1. The number of ether oxygens (including phenoxy) is 1. The van der Waals surface area contributed by atoms with Crippen molar-refractivity contribution in [3.63, 3.8) is 0 Å². The Morgan fingerprint density at radius 1 is 1.33 bits per heavy atom. The molecule has 1 heterocycles. The van der Waals surface area contributed by atoms with Crippen molar-refractivity contribution in [2.24, 2.45) is 5.41 Å². The molecule has 0 aromatic rings. The molecule has 0 bridgehead atoms. The molecule has 2 rings (SSSR count). The topological polar surface area (TPSA) is 66.8 Å². The molecule has 0 radical (unpaired) electrons.